The summed E-state index contributed by atoms with van der Waals surface area (Å²) in [6, 6.07) is 11.1. The Bertz CT molecular complexity index is 447. The molecule has 0 fully saturated rings. The number of aromatic nitrogens is 1. The summed E-state index contributed by atoms with van der Waals surface area (Å²) in [5.41, 5.74) is 1.57. The number of hydrogen-bond donors (Lipinski definition) is 0. The topological polar surface area (TPSA) is 26.0 Å². The molecule has 2 rings (SSSR count). The fraction of sp³-hybridized carbons (Fsp3) is 0.100. The van der Waals surface area contributed by atoms with Gasteiger partial charge in [0.05, 0.1) is 0 Å². The van der Waals surface area contributed by atoms with Crippen LogP contribution in [0.3, 0.4) is 0 Å². The molecule has 0 bridgehead atoms. The molecule has 0 atom stereocenters. The number of halogens is 3. The van der Waals surface area contributed by atoms with Crippen molar-refractivity contribution in [3.63, 3.8) is 0 Å². The van der Waals surface area contributed by atoms with Gasteiger partial charge in [-0.25, -0.2) is 0 Å². The third-order valence-corrected chi connectivity index (χ3v) is 2.42. The first-order valence-corrected chi connectivity index (χ1v) is 5.30. The first-order valence-electron chi connectivity index (χ1n) is 4.17. The van der Waals surface area contributed by atoms with E-state index in [-0.39, 0.29) is 5.76 Å². The smallest absolute Gasteiger partial charge is 0.250 e. The van der Waals surface area contributed by atoms with E-state index in [1.807, 2.05) is 30.3 Å². The third-order valence-electron chi connectivity index (χ3n) is 1.86. The molecule has 0 unspecified atom stereocenters. The molecule has 0 saturated carbocycles. The highest BCUT2D eigenvalue weighted by Crippen LogP contribution is 2.39. The Balaban J connectivity index is 2.37. The minimum absolute atomic E-state index is 0.214. The summed E-state index contributed by atoms with van der Waals surface area (Å²) in [4.78, 5) is 0. The van der Waals surface area contributed by atoms with E-state index >= 15 is 0 Å². The number of rotatable bonds is 1. The van der Waals surface area contributed by atoms with Gasteiger partial charge >= 0.3 is 0 Å². The summed E-state index contributed by atoms with van der Waals surface area (Å²) in [7, 11) is 0. The normalized spacial score (nSPS) is 11.7. The predicted molar refractivity (Wildman–Crippen MR) is 61.2 cm³/mol. The molecule has 1 heterocycles. The monoisotopic (exact) mass is 261 g/mol. The molecule has 15 heavy (non-hydrogen) atoms. The maximum atomic E-state index is 5.66. The van der Waals surface area contributed by atoms with Crippen LogP contribution in [0.4, 0.5) is 0 Å². The van der Waals surface area contributed by atoms with Crippen molar-refractivity contribution < 1.29 is 4.52 Å². The van der Waals surface area contributed by atoms with E-state index in [0.717, 1.165) is 5.56 Å². The Morgan fingerprint density at radius 2 is 1.73 bits per heavy atom. The summed E-state index contributed by atoms with van der Waals surface area (Å²) in [6.45, 7) is 0. The molecule has 0 N–H and O–H groups in total. The first-order chi connectivity index (χ1) is 7.07. The van der Waals surface area contributed by atoms with E-state index in [0.29, 0.717) is 5.69 Å². The Labute approximate surface area is 102 Å². The zero-order valence-electron chi connectivity index (χ0n) is 7.45. The van der Waals surface area contributed by atoms with Crippen molar-refractivity contribution in [3.8, 4) is 11.3 Å². The van der Waals surface area contributed by atoms with E-state index in [1.165, 1.54) is 0 Å². The van der Waals surface area contributed by atoms with Crippen molar-refractivity contribution in [2.75, 3.05) is 0 Å². The highest BCUT2D eigenvalue weighted by atomic mass is 35.6. The zero-order chi connectivity index (χ0) is 10.9. The molecule has 0 saturated heterocycles. The van der Waals surface area contributed by atoms with E-state index in [4.69, 9.17) is 39.3 Å². The third kappa shape index (κ3) is 2.46. The van der Waals surface area contributed by atoms with Crippen LogP contribution < -0.4 is 0 Å². The van der Waals surface area contributed by atoms with Crippen LogP contribution in [0.25, 0.3) is 11.3 Å². The molecule has 1 aromatic carbocycles. The van der Waals surface area contributed by atoms with Gasteiger partial charge < -0.3 is 4.52 Å². The van der Waals surface area contributed by atoms with Gasteiger partial charge in [-0.15, -0.1) is 0 Å². The van der Waals surface area contributed by atoms with Crippen LogP contribution in [0.1, 0.15) is 5.76 Å². The number of benzene rings is 1. The fourth-order valence-corrected chi connectivity index (χ4v) is 1.42. The quantitative estimate of drug-likeness (QED) is 0.721. The van der Waals surface area contributed by atoms with Gasteiger partial charge in [0.1, 0.15) is 5.69 Å². The largest absolute Gasteiger partial charge is 0.356 e. The van der Waals surface area contributed by atoms with Crippen LogP contribution in [-0.2, 0) is 3.79 Å². The lowest BCUT2D eigenvalue weighted by Gasteiger charge is -2.02. The minimum Gasteiger partial charge on any atom is -0.356 e. The van der Waals surface area contributed by atoms with Crippen molar-refractivity contribution in [3.05, 3.63) is 42.2 Å². The number of nitrogens with zero attached hydrogens (tertiary/aromatic N) is 1. The molecular weight excluding hydrogens is 256 g/mol. The Morgan fingerprint density at radius 3 is 2.27 bits per heavy atom. The maximum absolute atomic E-state index is 5.66. The zero-order valence-corrected chi connectivity index (χ0v) is 9.72. The molecule has 5 heteroatoms. The SMILES string of the molecule is ClC(Cl)(Cl)c1cc(-c2ccccc2)no1. The van der Waals surface area contributed by atoms with Gasteiger partial charge in [-0.05, 0) is 0 Å². The molecule has 0 amide bonds. The molecule has 0 aliphatic rings. The van der Waals surface area contributed by atoms with Crippen molar-refractivity contribution >= 4 is 34.8 Å². The van der Waals surface area contributed by atoms with E-state index in [1.54, 1.807) is 6.07 Å². The summed E-state index contributed by atoms with van der Waals surface area (Å²) in [6.07, 6.45) is 0. The van der Waals surface area contributed by atoms with Crippen LogP contribution in [-0.4, -0.2) is 5.16 Å². The lowest BCUT2D eigenvalue weighted by molar-refractivity contribution is 0.389. The summed E-state index contributed by atoms with van der Waals surface area (Å²) in [5.74, 6) is 0.214. The van der Waals surface area contributed by atoms with Crippen molar-refractivity contribution in [1.82, 2.24) is 5.16 Å². The van der Waals surface area contributed by atoms with E-state index in [2.05, 4.69) is 5.16 Å². The van der Waals surface area contributed by atoms with Gasteiger partial charge in [0.15, 0.2) is 5.76 Å². The summed E-state index contributed by atoms with van der Waals surface area (Å²) >= 11 is 17.0. The van der Waals surface area contributed by atoms with Crippen LogP contribution in [0, 0.1) is 0 Å². The average Bonchev–Trinajstić information content (AvgIpc) is 2.67. The molecule has 78 valence electrons. The lowest BCUT2D eigenvalue weighted by atomic mass is 10.1. The number of alkyl halides is 3. The van der Waals surface area contributed by atoms with Gasteiger partial charge in [0.2, 0.25) is 0 Å². The Hall–Kier alpha value is -0.700. The highest BCUT2D eigenvalue weighted by molar-refractivity contribution is 6.66. The predicted octanol–water partition coefficient (Wildman–Crippen LogP) is 4.17. The van der Waals surface area contributed by atoms with Gasteiger partial charge in [-0.1, -0.05) is 70.3 Å². The van der Waals surface area contributed by atoms with Gasteiger partial charge in [-0.2, -0.15) is 0 Å². The van der Waals surface area contributed by atoms with E-state index in [9.17, 15) is 0 Å². The average molecular weight is 263 g/mol. The standard InChI is InChI=1S/C10H6Cl3NO/c11-10(12,13)9-6-8(14-15-9)7-4-2-1-3-5-7/h1-6H. The van der Waals surface area contributed by atoms with Gasteiger partial charge in [0, 0.05) is 11.6 Å². The Morgan fingerprint density at radius 1 is 1.07 bits per heavy atom. The maximum Gasteiger partial charge on any atom is 0.250 e. The van der Waals surface area contributed by atoms with Crippen molar-refractivity contribution in [1.29, 1.82) is 0 Å². The van der Waals surface area contributed by atoms with Crippen molar-refractivity contribution in [2.45, 2.75) is 3.79 Å². The molecule has 0 radical (unpaired) electrons. The second kappa shape index (κ2) is 4.05. The highest BCUT2D eigenvalue weighted by Gasteiger charge is 2.28. The fourth-order valence-electron chi connectivity index (χ4n) is 1.15. The van der Waals surface area contributed by atoms with Crippen LogP contribution in [0.5, 0.6) is 0 Å². The van der Waals surface area contributed by atoms with Gasteiger partial charge in [0.25, 0.3) is 3.79 Å². The van der Waals surface area contributed by atoms with E-state index < -0.39 is 3.79 Å². The first kappa shape index (κ1) is 10.8. The molecule has 0 spiro atoms. The molecule has 0 aliphatic carbocycles. The lowest BCUT2D eigenvalue weighted by Crippen LogP contribution is -1.96. The van der Waals surface area contributed by atoms with Crippen LogP contribution >= 0.6 is 34.8 Å². The van der Waals surface area contributed by atoms with Crippen LogP contribution in [0.2, 0.25) is 0 Å². The van der Waals surface area contributed by atoms with Crippen LogP contribution in [0.15, 0.2) is 40.9 Å². The molecule has 0 aliphatic heterocycles. The Kier molecular flexibility index (Phi) is 2.91. The summed E-state index contributed by atoms with van der Waals surface area (Å²) in [5, 5.41) is 3.82. The summed E-state index contributed by atoms with van der Waals surface area (Å²) < 4.78 is 3.37. The second-order valence-electron chi connectivity index (χ2n) is 2.94. The molecule has 2 aromatic rings. The number of hydrogen-bond acceptors (Lipinski definition) is 2. The molecule has 1 aromatic heterocycles. The minimum atomic E-state index is -1.57. The van der Waals surface area contributed by atoms with Gasteiger partial charge in [-0.3, -0.25) is 0 Å². The second-order valence-corrected chi connectivity index (χ2v) is 5.22. The molecule has 2 nitrogen and oxygen atoms in total. The van der Waals surface area contributed by atoms with Crippen molar-refractivity contribution in [2.24, 2.45) is 0 Å². The molecular formula is C10H6Cl3NO.